The van der Waals surface area contributed by atoms with Crippen molar-refractivity contribution in [2.75, 3.05) is 12.4 Å². The van der Waals surface area contributed by atoms with Crippen molar-refractivity contribution in [1.82, 2.24) is 14.9 Å². The lowest BCUT2D eigenvalue weighted by molar-refractivity contribution is -0.125. The van der Waals surface area contributed by atoms with E-state index in [1.807, 2.05) is 27.7 Å². The van der Waals surface area contributed by atoms with Crippen LogP contribution in [-0.2, 0) is 29.1 Å². The summed E-state index contributed by atoms with van der Waals surface area (Å²) in [5.41, 5.74) is 2.82. The summed E-state index contributed by atoms with van der Waals surface area (Å²) < 4.78 is 23.3. The van der Waals surface area contributed by atoms with Crippen LogP contribution in [0, 0.1) is 17.7 Å². The lowest BCUT2D eigenvalue weighted by atomic mass is 9.98. The van der Waals surface area contributed by atoms with Gasteiger partial charge in [-0.1, -0.05) is 69.8 Å². The van der Waals surface area contributed by atoms with Crippen molar-refractivity contribution < 1.29 is 28.6 Å². The topological polar surface area (TPSA) is 111 Å². The standard InChI is InChI=1S/C32H40FN3O5S/c1-6-14-41-32-35-28(7-2)29(17-34-30(38)24(15-20(3)4)19-42-21(5)37)36(32)18-23-13-12-22(16-27(23)33)25-10-8-9-11-26(25)31(39)40/h8-13,16,20,24H,6-7,14-15,17-19H2,1-5H3,(H,34,38)(H,39,40)/t24-/m1/s1. The van der Waals surface area contributed by atoms with Crippen molar-refractivity contribution in [3.63, 3.8) is 0 Å². The molecule has 1 amide bonds. The first kappa shape index (κ1) is 32.8. The van der Waals surface area contributed by atoms with E-state index in [9.17, 15) is 19.5 Å². The van der Waals surface area contributed by atoms with Gasteiger partial charge in [-0.3, -0.25) is 14.2 Å². The van der Waals surface area contributed by atoms with Gasteiger partial charge in [0.1, 0.15) is 5.82 Å². The van der Waals surface area contributed by atoms with Crippen molar-refractivity contribution in [2.24, 2.45) is 11.8 Å². The predicted octanol–water partition coefficient (Wildman–Crippen LogP) is 6.35. The highest BCUT2D eigenvalue weighted by Crippen LogP contribution is 2.28. The van der Waals surface area contributed by atoms with Crippen molar-refractivity contribution in [1.29, 1.82) is 0 Å². The van der Waals surface area contributed by atoms with Gasteiger partial charge in [-0.15, -0.1) is 0 Å². The molecule has 226 valence electrons. The smallest absolute Gasteiger partial charge is 0.336 e. The minimum Gasteiger partial charge on any atom is -0.478 e. The number of rotatable bonds is 15. The number of halogens is 1. The number of nitrogens with zero attached hydrogens (tertiary/aromatic N) is 2. The Balaban J connectivity index is 1.92. The number of carboxylic acids is 1. The SMILES string of the molecule is CCCOc1nc(CC)c(CNC(=O)[C@@H](CSC(C)=O)CC(C)C)n1Cc1ccc(-c2ccccc2C(=O)O)cc1F. The third kappa shape index (κ3) is 8.67. The number of aromatic nitrogens is 2. The molecule has 8 nitrogen and oxygen atoms in total. The van der Waals surface area contributed by atoms with E-state index >= 15 is 4.39 Å². The molecular formula is C32H40FN3O5S. The molecule has 0 radical (unpaired) electrons. The van der Waals surface area contributed by atoms with Crippen LogP contribution in [0.1, 0.15) is 74.8 Å². The van der Waals surface area contributed by atoms with E-state index in [0.717, 1.165) is 29.6 Å². The molecule has 42 heavy (non-hydrogen) atoms. The number of carbonyl (C=O) groups excluding carboxylic acids is 2. The number of imidazole rings is 1. The molecule has 0 saturated carbocycles. The molecule has 0 aliphatic rings. The Bertz CT molecular complexity index is 1400. The second kappa shape index (κ2) is 15.5. The fourth-order valence-corrected chi connectivity index (χ4v) is 5.47. The zero-order chi connectivity index (χ0) is 30.8. The Morgan fingerprint density at radius 1 is 1.14 bits per heavy atom. The molecule has 2 aromatic carbocycles. The molecule has 0 unspecified atom stereocenters. The first-order valence-corrected chi connectivity index (χ1v) is 15.3. The molecule has 0 aliphatic heterocycles. The molecule has 0 spiro atoms. The van der Waals surface area contributed by atoms with Gasteiger partial charge in [-0.05, 0) is 48.4 Å². The molecular weight excluding hydrogens is 557 g/mol. The third-order valence-corrected chi connectivity index (χ3v) is 7.76. The number of hydrogen-bond acceptors (Lipinski definition) is 6. The van der Waals surface area contributed by atoms with Crippen LogP contribution in [0.4, 0.5) is 4.39 Å². The molecule has 1 heterocycles. The number of hydrogen-bond donors (Lipinski definition) is 2. The highest BCUT2D eigenvalue weighted by atomic mass is 32.2. The predicted molar refractivity (Wildman–Crippen MR) is 163 cm³/mol. The zero-order valence-electron chi connectivity index (χ0n) is 24.9. The van der Waals surface area contributed by atoms with E-state index in [2.05, 4.69) is 10.3 Å². The number of thioether (sulfide) groups is 1. The molecule has 3 rings (SSSR count). The van der Waals surface area contributed by atoms with Gasteiger partial charge in [0.25, 0.3) is 6.01 Å². The number of aromatic carboxylic acids is 1. The van der Waals surface area contributed by atoms with Crippen molar-refractivity contribution in [3.8, 4) is 17.1 Å². The number of carbonyl (C=O) groups is 3. The van der Waals surface area contributed by atoms with E-state index in [-0.39, 0.29) is 41.5 Å². The summed E-state index contributed by atoms with van der Waals surface area (Å²) in [7, 11) is 0. The maximum Gasteiger partial charge on any atom is 0.336 e. The molecule has 1 aromatic heterocycles. The van der Waals surface area contributed by atoms with E-state index < -0.39 is 11.8 Å². The number of ether oxygens (including phenoxy) is 1. The number of carboxylic acid groups (broad SMARTS) is 1. The second-order valence-corrected chi connectivity index (χ2v) is 11.8. The Morgan fingerprint density at radius 2 is 1.88 bits per heavy atom. The lowest BCUT2D eigenvalue weighted by Crippen LogP contribution is -2.33. The van der Waals surface area contributed by atoms with Gasteiger partial charge in [0, 0.05) is 24.2 Å². The average Bonchev–Trinajstić information content (AvgIpc) is 3.29. The minimum atomic E-state index is -1.08. The van der Waals surface area contributed by atoms with Crippen LogP contribution < -0.4 is 10.1 Å². The van der Waals surface area contributed by atoms with E-state index in [0.29, 0.717) is 47.9 Å². The zero-order valence-corrected chi connectivity index (χ0v) is 25.7. The van der Waals surface area contributed by atoms with Crippen molar-refractivity contribution >= 4 is 28.8 Å². The third-order valence-electron chi connectivity index (χ3n) is 6.79. The Morgan fingerprint density at radius 3 is 2.50 bits per heavy atom. The molecule has 0 fully saturated rings. The van der Waals surface area contributed by atoms with Gasteiger partial charge in [-0.2, -0.15) is 4.98 Å². The van der Waals surface area contributed by atoms with Crippen LogP contribution in [0.5, 0.6) is 6.01 Å². The van der Waals surface area contributed by atoms with E-state index in [1.54, 1.807) is 34.9 Å². The highest BCUT2D eigenvalue weighted by molar-refractivity contribution is 8.13. The number of amides is 1. The van der Waals surface area contributed by atoms with E-state index in [1.165, 1.54) is 19.1 Å². The van der Waals surface area contributed by atoms with Crippen molar-refractivity contribution in [2.45, 2.75) is 67.0 Å². The number of nitrogens with one attached hydrogen (secondary N) is 1. The second-order valence-electron chi connectivity index (χ2n) is 10.6. The largest absolute Gasteiger partial charge is 0.478 e. The molecule has 10 heteroatoms. The summed E-state index contributed by atoms with van der Waals surface area (Å²) in [5, 5.41) is 12.6. The maximum absolute atomic E-state index is 15.5. The first-order valence-electron chi connectivity index (χ1n) is 14.3. The van der Waals surface area contributed by atoms with Crippen LogP contribution in [0.15, 0.2) is 42.5 Å². The summed E-state index contributed by atoms with van der Waals surface area (Å²) in [4.78, 5) is 41.1. The van der Waals surface area contributed by atoms with Gasteiger partial charge in [0.05, 0.1) is 36.6 Å². The van der Waals surface area contributed by atoms with Crippen molar-refractivity contribution in [3.05, 3.63) is 70.8 Å². The summed E-state index contributed by atoms with van der Waals surface area (Å²) in [6.07, 6.45) is 2.00. The fraction of sp³-hybridized carbons (Fsp3) is 0.438. The molecule has 1 atom stereocenters. The molecule has 3 aromatic rings. The highest BCUT2D eigenvalue weighted by Gasteiger charge is 2.24. The Labute approximate surface area is 251 Å². The molecule has 0 saturated heterocycles. The lowest BCUT2D eigenvalue weighted by Gasteiger charge is -2.19. The Hall–Kier alpha value is -3.66. The van der Waals surface area contributed by atoms with Gasteiger partial charge in [0.15, 0.2) is 5.12 Å². The molecule has 0 bridgehead atoms. The van der Waals surface area contributed by atoms with Gasteiger partial charge >= 0.3 is 5.97 Å². The number of aryl methyl sites for hydroxylation is 1. The Kier molecular flexibility index (Phi) is 12.2. The summed E-state index contributed by atoms with van der Waals surface area (Å²) >= 11 is 1.15. The van der Waals surface area contributed by atoms with Crippen LogP contribution in [0.3, 0.4) is 0 Å². The van der Waals surface area contributed by atoms with E-state index in [4.69, 9.17) is 4.74 Å². The normalized spacial score (nSPS) is 11.9. The number of benzene rings is 2. The average molecular weight is 598 g/mol. The summed E-state index contributed by atoms with van der Waals surface area (Å²) in [6, 6.07) is 11.5. The maximum atomic E-state index is 15.5. The molecule has 2 N–H and O–H groups in total. The minimum absolute atomic E-state index is 0.0277. The monoisotopic (exact) mass is 597 g/mol. The summed E-state index contributed by atoms with van der Waals surface area (Å²) in [5.74, 6) is -1.35. The van der Waals surface area contributed by atoms with Crippen LogP contribution in [0.25, 0.3) is 11.1 Å². The van der Waals surface area contributed by atoms with Gasteiger partial charge in [0.2, 0.25) is 5.91 Å². The van der Waals surface area contributed by atoms with Crippen LogP contribution in [0.2, 0.25) is 0 Å². The van der Waals surface area contributed by atoms with Crippen LogP contribution >= 0.6 is 11.8 Å². The first-order chi connectivity index (χ1) is 20.0. The van der Waals surface area contributed by atoms with Gasteiger partial charge < -0.3 is 15.2 Å². The van der Waals surface area contributed by atoms with Crippen LogP contribution in [-0.4, -0.2) is 44.0 Å². The fourth-order valence-electron chi connectivity index (χ4n) is 4.75. The summed E-state index contributed by atoms with van der Waals surface area (Å²) in [6.45, 7) is 10.2. The van der Waals surface area contributed by atoms with Gasteiger partial charge in [-0.25, -0.2) is 9.18 Å². The quantitative estimate of drug-likeness (QED) is 0.210. The molecule has 0 aliphatic carbocycles.